The van der Waals surface area contributed by atoms with Crippen LogP contribution in [0.2, 0.25) is 0 Å². The zero-order valence-electron chi connectivity index (χ0n) is 17.3. The van der Waals surface area contributed by atoms with E-state index in [0.717, 1.165) is 4.57 Å². The zero-order chi connectivity index (χ0) is 23.4. The molecule has 0 unspecified atom stereocenters. The molecule has 0 radical (unpaired) electrons. The van der Waals surface area contributed by atoms with Crippen molar-refractivity contribution in [1.29, 1.82) is 5.26 Å². The molecule has 0 aliphatic carbocycles. The topological polar surface area (TPSA) is 191 Å². The van der Waals surface area contributed by atoms with Gasteiger partial charge in [-0.1, -0.05) is 0 Å². The van der Waals surface area contributed by atoms with E-state index >= 15 is 0 Å². The number of hydrogen-bond donors (Lipinski definition) is 1. The molecule has 1 N–H and O–H groups in total. The van der Waals surface area contributed by atoms with E-state index in [1.807, 2.05) is 6.07 Å². The number of benzene rings is 1. The molecule has 1 aromatic heterocycles. The molecule has 0 aliphatic heterocycles. The SMILES string of the molecule is CCn1c(O)c(C#N)c(C)c(N=Nc2ccc(S(=O)(=O)CCOS(=O)(=O)[O-])cc2)c1=O.[Na+]. The molecule has 32 heavy (non-hydrogen) atoms. The molecule has 0 amide bonds. The van der Waals surface area contributed by atoms with Gasteiger partial charge in [0.25, 0.3) is 5.56 Å². The van der Waals surface area contributed by atoms with Crippen LogP contribution in [0.4, 0.5) is 11.4 Å². The Balaban J connectivity index is 0.00000512. The van der Waals surface area contributed by atoms with E-state index in [0.29, 0.717) is 0 Å². The molecule has 0 aliphatic rings. The smallest absolute Gasteiger partial charge is 0.726 e. The van der Waals surface area contributed by atoms with Gasteiger partial charge in [0, 0.05) is 12.1 Å². The average molecular weight is 492 g/mol. The Morgan fingerprint density at radius 3 is 2.28 bits per heavy atom. The van der Waals surface area contributed by atoms with Crippen molar-refractivity contribution in [3.63, 3.8) is 0 Å². The minimum absolute atomic E-state index is 0. The molecule has 0 saturated heterocycles. The number of azo groups is 1. The van der Waals surface area contributed by atoms with Gasteiger partial charge in [0.2, 0.25) is 16.3 Å². The predicted molar refractivity (Wildman–Crippen MR) is 106 cm³/mol. The zero-order valence-corrected chi connectivity index (χ0v) is 21.0. The number of rotatable bonds is 8. The summed E-state index contributed by atoms with van der Waals surface area (Å²) in [5, 5.41) is 27.0. The van der Waals surface area contributed by atoms with Gasteiger partial charge in [-0.25, -0.2) is 16.8 Å². The quantitative estimate of drug-likeness (QED) is 0.196. The van der Waals surface area contributed by atoms with E-state index in [2.05, 4.69) is 14.4 Å². The fraction of sp³-hybridized carbons (Fsp3) is 0.294. The van der Waals surface area contributed by atoms with Crippen LogP contribution in [0.3, 0.4) is 0 Å². The number of nitrogens with zero attached hydrogens (tertiary/aromatic N) is 4. The number of pyridine rings is 1. The van der Waals surface area contributed by atoms with Crippen LogP contribution in [0, 0.1) is 18.3 Å². The van der Waals surface area contributed by atoms with Crippen molar-refractivity contribution >= 4 is 31.6 Å². The monoisotopic (exact) mass is 492 g/mol. The first kappa shape index (κ1) is 27.9. The molecule has 1 aromatic carbocycles. The average Bonchev–Trinajstić information content (AvgIpc) is 2.67. The van der Waals surface area contributed by atoms with Crippen LogP contribution in [0.15, 0.2) is 44.2 Å². The van der Waals surface area contributed by atoms with Gasteiger partial charge in [-0.05, 0) is 38.1 Å². The van der Waals surface area contributed by atoms with Crippen LogP contribution in [0.5, 0.6) is 5.88 Å². The van der Waals surface area contributed by atoms with Gasteiger partial charge in [0.15, 0.2) is 15.5 Å². The van der Waals surface area contributed by atoms with Crippen molar-refractivity contribution in [3.8, 4) is 11.9 Å². The number of sulfone groups is 1. The fourth-order valence-electron chi connectivity index (χ4n) is 2.54. The summed E-state index contributed by atoms with van der Waals surface area (Å²) in [5.74, 6) is -1.19. The Morgan fingerprint density at radius 2 is 1.78 bits per heavy atom. The second-order valence-electron chi connectivity index (χ2n) is 6.08. The van der Waals surface area contributed by atoms with Gasteiger partial charge in [-0.3, -0.25) is 13.5 Å². The molecule has 166 valence electrons. The molecule has 2 rings (SSSR count). The van der Waals surface area contributed by atoms with E-state index in [4.69, 9.17) is 0 Å². The summed E-state index contributed by atoms with van der Waals surface area (Å²) in [6.45, 7) is 2.33. The molecule has 2 aromatic rings. The van der Waals surface area contributed by atoms with E-state index in [1.54, 1.807) is 6.92 Å². The number of aromatic hydroxyl groups is 1. The third-order valence-electron chi connectivity index (χ3n) is 4.13. The fourth-order valence-corrected chi connectivity index (χ4v) is 4.02. The summed E-state index contributed by atoms with van der Waals surface area (Å²) >= 11 is 0. The summed E-state index contributed by atoms with van der Waals surface area (Å²) in [5.41, 5.74) is -0.576. The van der Waals surface area contributed by atoms with Crippen LogP contribution >= 0.6 is 0 Å². The molecule has 12 nitrogen and oxygen atoms in total. The minimum atomic E-state index is -4.99. The van der Waals surface area contributed by atoms with Gasteiger partial charge < -0.3 is 9.66 Å². The third kappa shape index (κ3) is 6.69. The maximum Gasteiger partial charge on any atom is 1.00 e. The van der Waals surface area contributed by atoms with Gasteiger partial charge in [0.1, 0.15) is 11.6 Å². The van der Waals surface area contributed by atoms with Crippen LogP contribution in [-0.4, -0.2) is 43.4 Å². The van der Waals surface area contributed by atoms with Crippen LogP contribution in [0.25, 0.3) is 0 Å². The minimum Gasteiger partial charge on any atom is -0.726 e. The van der Waals surface area contributed by atoms with Crippen molar-refractivity contribution < 1.29 is 60.2 Å². The summed E-state index contributed by atoms with van der Waals surface area (Å²) in [7, 11) is -8.91. The largest absolute Gasteiger partial charge is 1.00 e. The first-order valence-corrected chi connectivity index (χ1v) is 11.6. The van der Waals surface area contributed by atoms with E-state index < -0.39 is 44.0 Å². The van der Waals surface area contributed by atoms with Gasteiger partial charge in [-0.2, -0.15) is 10.4 Å². The normalized spacial score (nSPS) is 11.8. The maximum absolute atomic E-state index is 12.5. The third-order valence-corrected chi connectivity index (χ3v) is 6.28. The molecule has 0 saturated carbocycles. The summed E-state index contributed by atoms with van der Waals surface area (Å²) < 4.78 is 60.3. The molecular formula is C17H17N4NaO8S2. The summed E-state index contributed by atoms with van der Waals surface area (Å²) in [4.78, 5) is 12.3. The Hall–Kier alpha value is -2.12. The van der Waals surface area contributed by atoms with Crippen molar-refractivity contribution in [2.45, 2.75) is 25.3 Å². The maximum atomic E-state index is 12.5. The molecule has 0 fully saturated rings. The molecule has 0 atom stereocenters. The van der Waals surface area contributed by atoms with Crippen molar-refractivity contribution in [2.75, 3.05) is 12.4 Å². The van der Waals surface area contributed by atoms with Gasteiger partial charge >= 0.3 is 29.6 Å². The van der Waals surface area contributed by atoms with Gasteiger partial charge in [-0.15, -0.1) is 5.11 Å². The van der Waals surface area contributed by atoms with E-state index in [1.165, 1.54) is 31.2 Å². The van der Waals surface area contributed by atoms with E-state index in [9.17, 15) is 36.6 Å². The van der Waals surface area contributed by atoms with Crippen molar-refractivity contribution in [1.82, 2.24) is 4.57 Å². The second kappa shape index (κ2) is 11.1. The Labute approximate surface area is 206 Å². The number of nitriles is 1. The number of hydrogen-bond acceptors (Lipinski definition) is 11. The molecule has 0 spiro atoms. The van der Waals surface area contributed by atoms with Crippen LogP contribution < -0.4 is 35.1 Å². The second-order valence-corrected chi connectivity index (χ2v) is 9.24. The van der Waals surface area contributed by atoms with Crippen LogP contribution in [-0.2, 0) is 31.0 Å². The summed E-state index contributed by atoms with van der Waals surface area (Å²) in [6, 6.07) is 6.76. The molecular weight excluding hydrogens is 475 g/mol. The first-order valence-electron chi connectivity index (χ1n) is 8.62. The van der Waals surface area contributed by atoms with Crippen molar-refractivity contribution in [3.05, 3.63) is 45.7 Å². The molecule has 1 heterocycles. The molecule has 15 heteroatoms. The van der Waals surface area contributed by atoms with Crippen molar-refractivity contribution in [2.24, 2.45) is 10.2 Å². The van der Waals surface area contributed by atoms with Gasteiger partial charge in [0.05, 0.1) is 22.9 Å². The number of aromatic nitrogens is 1. The molecule has 0 bridgehead atoms. The Bertz CT molecular complexity index is 1330. The van der Waals surface area contributed by atoms with E-state index in [-0.39, 0.29) is 63.5 Å². The predicted octanol–water partition coefficient (Wildman–Crippen LogP) is -1.58. The van der Waals surface area contributed by atoms with Crippen LogP contribution in [0.1, 0.15) is 18.1 Å². The standard InChI is InChI=1S/C17H18N4O8S2.Na/c1-3-21-16(22)14(10-18)11(2)15(17(21)23)20-19-12-4-6-13(7-5-12)30(24,25)9-8-29-31(26,27)28;/h4-7,22H,3,8-9H2,1-2H3,(H,26,27,28);/q;+1/p-1. The summed E-state index contributed by atoms with van der Waals surface area (Å²) in [6.07, 6.45) is 0. The first-order chi connectivity index (χ1) is 14.4. The Kier molecular flexibility index (Phi) is 9.72. The Morgan fingerprint density at radius 1 is 1.19 bits per heavy atom.